The molecule has 0 aromatic carbocycles. The summed E-state index contributed by atoms with van der Waals surface area (Å²) in [5.41, 5.74) is 2.04. The maximum Gasteiger partial charge on any atom is 0.451 e. The summed E-state index contributed by atoms with van der Waals surface area (Å²) < 4.78 is 44.9. The molecule has 0 aliphatic rings. The number of rotatable bonds is 5. The van der Waals surface area contributed by atoms with Gasteiger partial charge in [0, 0.05) is 12.6 Å². The number of ether oxygens (including phenoxy) is 1. The first-order valence-corrected chi connectivity index (χ1v) is 6.05. The van der Waals surface area contributed by atoms with E-state index in [0.29, 0.717) is 6.54 Å². The summed E-state index contributed by atoms with van der Waals surface area (Å²) >= 11 is 0. The van der Waals surface area contributed by atoms with E-state index in [1.165, 1.54) is 6.20 Å². The summed E-state index contributed by atoms with van der Waals surface area (Å²) in [5.74, 6) is 3.55. The lowest BCUT2D eigenvalue weighted by Gasteiger charge is -2.09. The molecule has 0 unspecified atom stereocenters. The number of hydrogen-bond acceptors (Lipinski definition) is 6. The Morgan fingerprint density at radius 1 is 1.38 bits per heavy atom. The van der Waals surface area contributed by atoms with Gasteiger partial charge >= 0.3 is 6.18 Å². The largest absolute Gasteiger partial charge is 0.451 e. The SMILES string of the molecule is CCCn1cc(Oc2cc(NN)nc(C(F)(F)F)n2)cn1. The summed E-state index contributed by atoms with van der Waals surface area (Å²) in [7, 11) is 0. The van der Waals surface area contributed by atoms with Crippen LogP contribution in [-0.2, 0) is 12.7 Å². The number of hydrazine groups is 1. The molecule has 0 bridgehead atoms. The van der Waals surface area contributed by atoms with Crippen molar-refractivity contribution >= 4 is 5.82 Å². The average molecular weight is 302 g/mol. The van der Waals surface area contributed by atoms with Crippen LogP contribution >= 0.6 is 0 Å². The van der Waals surface area contributed by atoms with E-state index in [1.807, 2.05) is 12.3 Å². The van der Waals surface area contributed by atoms with Gasteiger partial charge < -0.3 is 10.2 Å². The van der Waals surface area contributed by atoms with Crippen LogP contribution in [0.5, 0.6) is 11.6 Å². The normalized spacial score (nSPS) is 11.5. The lowest BCUT2D eigenvalue weighted by atomic mass is 10.5. The van der Waals surface area contributed by atoms with E-state index >= 15 is 0 Å². The Morgan fingerprint density at radius 3 is 2.76 bits per heavy atom. The molecule has 0 saturated carbocycles. The number of aryl methyl sites for hydroxylation is 1. The molecule has 2 aromatic heterocycles. The van der Waals surface area contributed by atoms with E-state index in [9.17, 15) is 13.2 Å². The van der Waals surface area contributed by atoms with Crippen LogP contribution < -0.4 is 16.0 Å². The van der Waals surface area contributed by atoms with Crippen molar-refractivity contribution in [3.63, 3.8) is 0 Å². The molecule has 0 atom stereocenters. The lowest BCUT2D eigenvalue weighted by molar-refractivity contribution is -0.145. The molecule has 0 aliphatic heterocycles. The van der Waals surface area contributed by atoms with Gasteiger partial charge in [-0.25, -0.2) is 10.8 Å². The smallest absolute Gasteiger partial charge is 0.436 e. The van der Waals surface area contributed by atoms with E-state index in [2.05, 4.69) is 15.1 Å². The van der Waals surface area contributed by atoms with Crippen LogP contribution in [-0.4, -0.2) is 19.7 Å². The van der Waals surface area contributed by atoms with E-state index < -0.39 is 12.0 Å². The zero-order valence-electron chi connectivity index (χ0n) is 11.1. The number of halogens is 3. The molecule has 21 heavy (non-hydrogen) atoms. The van der Waals surface area contributed by atoms with Gasteiger partial charge in [-0.1, -0.05) is 6.92 Å². The molecule has 114 valence electrons. The quantitative estimate of drug-likeness (QED) is 0.650. The molecule has 10 heteroatoms. The Morgan fingerprint density at radius 2 is 2.14 bits per heavy atom. The Kier molecular flexibility index (Phi) is 4.26. The van der Waals surface area contributed by atoms with Crippen molar-refractivity contribution < 1.29 is 17.9 Å². The van der Waals surface area contributed by atoms with Crippen molar-refractivity contribution in [3.8, 4) is 11.6 Å². The van der Waals surface area contributed by atoms with Crippen LogP contribution in [0.1, 0.15) is 19.2 Å². The number of nitrogens with one attached hydrogen (secondary N) is 1. The van der Waals surface area contributed by atoms with Crippen LogP contribution in [0.4, 0.5) is 19.0 Å². The summed E-state index contributed by atoms with van der Waals surface area (Å²) in [6, 6.07) is 1.16. The Labute approximate surface area is 117 Å². The van der Waals surface area contributed by atoms with Crippen molar-refractivity contribution in [2.45, 2.75) is 26.1 Å². The third-order valence-corrected chi connectivity index (χ3v) is 2.39. The number of nitrogen functional groups attached to an aromatic ring is 1. The monoisotopic (exact) mass is 302 g/mol. The third kappa shape index (κ3) is 3.81. The predicted octanol–water partition coefficient (Wildman–Crippen LogP) is 2.18. The minimum atomic E-state index is -4.70. The molecule has 7 nitrogen and oxygen atoms in total. The predicted molar refractivity (Wildman–Crippen MR) is 67.4 cm³/mol. The summed E-state index contributed by atoms with van der Waals surface area (Å²) in [5, 5.41) is 4.00. The van der Waals surface area contributed by atoms with Crippen LogP contribution in [0, 0.1) is 0 Å². The number of nitrogens with zero attached hydrogens (tertiary/aromatic N) is 4. The molecular weight excluding hydrogens is 289 g/mol. The number of nitrogens with two attached hydrogens (primary N) is 1. The van der Waals surface area contributed by atoms with Gasteiger partial charge in [0.15, 0.2) is 5.75 Å². The molecule has 2 rings (SSSR count). The average Bonchev–Trinajstić information content (AvgIpc) is 2.85. The second-order valence-corrected chi connectivity index (χ2v) is 4.10. The zero-order chi connectivity index (χ0) is 15.5. The highest BCUT2D eigenvalue weighted by Crippen LogP contribution is 2.30. The first-order valence-electron chi connectivity index (χ1n) is 6.05. The first kappa shape index (κ1) is 15.0. The summed E-state index contributed by atoms with van der Waals surface area (Å²) in [4.78, 5) is 6.54. The molecule has 2 aromatic rings. The number of alkyl halides is 3. The van der Waals surface area contributed by atoms with Crippen molar-refractivity contribution in [2.75, 3.05) is 5.43 Å². The van der Waals surface area contributed by atoms with Crippen LogP contribution in [0.3, 0.4) is 0 Å². The van der Waals surface area contributed by atoms with Gasteiger partial charge in [-0.2, -0.15) is 23.3 Å². The maximum atomic E-state index is 12.7. The third-order valence-electron chi connectivity index (χ3n) is 2.39. The lowest BCUT2D eigenvalue weighted by Crippen LogP contribution is -2.16. The van der Waals surface area contributed by atoms with Gasteiger partial charge in [0.25, 0.3) is 0 Å². The Bertz CT molecular complexity index is 612. The van der Waals surface area contributed by atoms with Gasteiger partial charge in [0.2, 0.25) is 11.7 Å². The van der Waals surface area contributed by atoms with Crippen molar-refractivity contribution in [1.82, 2.24) is 19.7 Å². The van der Waals surface area contributed by atoms with Gasteiger partial charge in [0.1, 0.15) is 5.82 Å². The summed E-state index contributed by atoms with van der Waals surface area (Å²) in [6.45, 7) is 2.65. The van der Waals surface area contributed by atoms with Crippen LogP contribution in [0.15, 0.2) is 18.5 Å². The molecular formula is C11H13F3N6O. The molecule has 3 N–H and O–H groups in total. The molecule has 0 aliphatic carbocycles. The van der Waals surface area contributed by atoms with Gasteiger partial charge in [-0.3, -0.25) is 4.68 Å². The zero-order valence-corrected chi connectivity index (χ0v) is 11.1. The molecule has 0 amide bonds. The van der Waals surface area contributed by atoms with E-state index in [1.54, 1.807) is 10.9 Å². The minimum Gasteiger partial charge on any atom is -0.436 e. The van der Waals surface area contributed by atoms with E-state index in [4.69, 9.17) is 10.6 Å². The highest BCUT2D eigenvalue weighted by atomic mass is 19.4. The van der Waals surface area contributed by atoms with Crippen LogP contribution in [0.2, 0.25) is 0 Å². The standard InChI is InChI=1S/C11H13F3N6O/c1-2-3-20-6-7(5-16-20)21-9-4-8(19-15)17-10(18-9)11(12,13)14/h4-6H,2-3,15H2,1H3,(H,17,18,19). The molecule has 0 spiro atoms. The van der Waals surface area contributed by atoms with Crippen molar-refractivity contribution in [1.29, 1.82) is 0 Å². The fourth-order valence-electron chi connectivity index (χ4n) is 1.55. The van der Waals surface area contributed by atoms with Gasteiger partial charge in [0.05, 0.1) is 12.4 Å². The minimum absolute atomic E-state index is 0.201. The Hall–Kier alpha value is -2.36. The fraction of sp³-hybridized carbons (Fsp3) is 0.364. The first-order chi connectivity index (χ1) is 9.92. The molecule has 0 fully saturated rings. The summed E-state index contributed by atoms with van der Waals surface area (Å²) in [6.07, 6.45) is -0.875. The topological polar surface area (TPSA) is 90.9 Å². The van der Waals surface area contributed by atoms with Crippen molar-refractivity contribution in [3.05, 3.63) is 24.3 Å². The van der Waals surface area contributed by atoms with E-state index in [-0.39, 0.29) is 17.4 Å². The second kappa shape index (κ2) is 5.95. The molecule has 0 radical (unpaired) electrons. The Balaban J connectivity index is 2.25. The number of hydrogen-bond donors (Lipinski definition) is 2. The fourth-order valence-corrected chi connectivity index (χ4v) is 1.55. The van der Waals surface area contributed by atoms with Gasteiger partial charge in [-0.05, 0) is 6.42 Å². The van der Waals surface area contributed by atoms with Crippen LogP contribution in [0.25, 0.3) is 0 Å². The van der Waals surface area contributed by atoms with Crippen molar-refractivity contribution in [2.24, 2.45) is 5.84 Å². The highest BCUT2D eigenvalue weighted by Gasteiger charge is 2.35. The van der Waals surface area contributed by atoms with E-state index in [0.717, 1.165) is 12.5 Å². The maximum absolute atomic E-state index is 12.7. The molecule has 2 heterocycles. The number of aromatic nitrogens is 4. The second-order valence-electron chi connectivity index (χ2n) is 4.10. The number of anilines is 1. The molecule has 0 saturated heterocycles. The van der Waals surface area contributed by atoms with Gasteiger partial charge in [-0.15, -0.1) is 0 Å². The highest BCUT2D eigenvalue weighted by molar-refractivity contribution is 5.38.